The van der Waals surface area contributed by atoms with Gasteiger partial charge in [0.05, 0.1) is 18.9 Å². The molecule has 5 amide bonds. The molecule has 3 fully saturated rings. The molecule has 19 heteroatoms. The number of nitrogens with zero attached hydrogens (tertiary/aromatic N) is 5. The molecule has 0 spiro atoms. The molecule has 16 nitrogen and oxygen atoms in total. The van der Waals surface area contributed by atoms with Crippen LogP contribution in [0.5, 0.6) is 11.5 Å². The number of carbonyl (C=O) groups is 5. The van der Waals surface area contributed by atoms with Crippen LogP contribution in [0.4, 0.5) is 14.9 Å². The third-order valence-electron chi connectivity index (χ3n) is 12.2. The number of carbonyl (C=O) groups excluding carboxylic acids is 4. The van der Waals surface area contributed by atoms with Gasteiger partial charge in [-0.3, -0.25) is 29.1 Å². The number of likely N-dealkylation sites (tertiary alicyclic amines) is 1. The van der Waals surface area contributed by atoms with Crippen molar-refractivity contribution < 1.29 is 42.9 Å². The zero-order valence-electron chi connectivity index (χ0n) is 37.5. The van der Waals surface area contributed by atoms with E-state index in [-0.39, 0.29) is 61.6 Å². The van der Waals surface area contributed by atoms with Crippen molar-refractivity contribution in [1.82, 2.24) is 30.4 Å². The highest BCUT2D eigenvalue weighted by molar-refractivity contribution is 8.77. The number of nitrogens with one attached hydrogen (secondary N) is 3. The van der Waals surface area contributed by atoms with E-state index in [2.05, 4.69) is 31.0 Å². The monoisotopic (exact) mass is 946 g/mol. The second-order valence-corrected chi connectivity index (χ2v) is 20.7. The summed E-state index contributed by atoms with van der Waals surface area (Å²) in [6, 6.07) is 13.8. The topological polar surface area (TPSA) is 195 Å². The lowest BCUT2D eigenvalue weighted by Gasteiger charge is -2.42. The zero-order valence-corrected chi connectivity index (χ0v) is 39.1. The summed E-state index contributed by atoms with van der Waals surface area (Å²) in [5.41, 5.74) is 5.93. The number of piperidine rings is 1. The third-order valence-corrected chi connectivity index (χ3v) is 15.5. The van der Waals surface area contributed by atoms with E-state index in [0.717, 1.165) is 43.5 Å². The summed E-state index contributed by atoms with van der Waals surface area (Å²) in [6.45, 7) is 8.78. The lowest BCUT2D eigenvalue weighted by atomic mass is 10.0. The molecule has 354 valence electrons. The van der Waals surface area contributed by atoms with Gasteiger partial charge in [0.15, 0.2) is 0 Å². The van der Waals surface area contributed by atoms with Gasteiger partial charge in [0.1, 0.15) is 17.3 Å². The fourth-order valence-corrected chi connectivity index (χ4v) is 10.9. The number of anilines is 1. The molecule has 2 saturated heterocycles. The van der Waals surface area contributed by atoms with Crippen molar-refractivity contribution in [2.24, 2.45) is 11.0 Å². The molecule has 1 aromatic heterocycles. The maximum Gasteiger partial charge on any atom is 0.317 e. The Morgan fingerprint density at radius 1 is 1.00 bits per heavy atom. The molecule has 0 radical (unpaired) electrons. The maximum atomic E-state index is 15.0. The second-order valence-electron chi connectivity index (χ2n) is 17.6. The summed E-state index contributed by atoms with van der Waals surface area (Å²) in [5.74, 6) is 0.184. The van der Waals surface area contributed by atoms with E-state index < -0.39 is 16.5 Å². The molecule has 1 aliphatic carbocycles. The van der Waals surface area contributed by atoms with Crippen LogP contribution in [0.15, 0.2) is 66.0 Å². The van der Waals surface area contributed by atoms with E-state index in [4.69, 9.17) is 14.6 Å². The summed E-state index contributed by atoms with van der Waals surface area (Å²) in [7, 11) is 3.17. The highest BCUT2D eigenvalue weighted by atomic mass is 33.1. The van der Waals surface area contributed by atoms with Crippen molar-refractivity contribution in [2.45, 2.75) is 88.5 Å². The minimum Gasteiger partial charge on any atom is -0.493 e. The number of carboxylic acids is 1. The Labute approximate surface area is 392 Å². The van der Waals surface area contributed by atoms with Gasteiger partial charge in [0.25, 0.3) is 0 Å². The number of hydrogen-bond acceptors (Lipinski definition) is 12. The summed E-state index contributed by atoms with van der Waals surface area (Å²) >= 11 is 0. The molecule has 7 rings (SSSR count). The number of urea groups is 1. The van der Waals surface area contributed by atoms with Gasteiger partial charge in [-0.15, -0.1) is 0 Å². The number of ether oxygens (including phenoxy) is 2. The molecule has 1 saturated carbocycles. The van der Waals surface area contributed by atoms with E-state index >= 15 is 4.39 Å². The van der Waals surface area contributed by atoms with Crippen LogP contribution in [-0.4, -0.2) is 129 Å². The highest BCUT2D eigenvalue weighted by Crippen LogP contribution is 2.47. The molecule has 66 heavy (non-hydrogen) atoms. The highest BCUT2D eigenvalue weighted by Gasteiger charge is 2.44. The summed E-state index contributed by atoms with van der Waals surface area (Å²) in [6.07, 6.45) is 7.47. The lowest BCUT2D eigenvalue weighted by molar-refractivity contribution is -0.137. The van der Waals surface area contributed by atoms with Crippen molar-refractivity contribution in [2.75, 3.05) is 63.6 Å². The van der Waals surface area contributed by atoms with Gasteiger partial charge in [-0.25, -0.2) is 14.6 Å². The van der Waals surface area contributed by atoms with Gasteiger partial charge in [-0.1, -0.05) is 33.7 Å². The molecule has 4 aliphatic rings. The molecule has 2 aromatic carbocycles. The Morgan fingerprint density at radius 2 is 1.80 bits per heavy atom. The predicted octanol–water partition coefficient (Wildman–Crippen LogP) is 6.27. The van der Waals surface area contributed by atoms with Crippen LogP contribution < -0.4 is 25.5 Å². The lowest BCUT2D eigenvalue weighted by Crippen LogP contribution is -2.55. The van der Waals surface area contributed by atoms with E-state index in [9.17, 15) is 24.0 Å². The number of hydrogen-bond donors (Lipinski definition) is 4. The smallest absolute Gasteiger partial charge is 0.317 e. The third kappa shape index (κ3) is 13.8. The van der Waals surface area contributed by atoms with Crippen molar-refractivity contribution in [3.8, 4) is 11.5 Å². The zero-order chi connectivity index (χ0) is 46.6. The van der Waals surface area contributed by atoms with E-state index in [1.165, 1.54) is 6.07 Å². The van der Waals surface area contributed by atoms with E-state index in [1.54, 1.807) is 63.1 Å². The Balaban J connectivity index is 0.740. The maximum absolute atomic E-state index is 15.0. The number of halogens is 1. The summed E-state index contributed by atoms with van der Waals surface area (Å²) in [4.78, 5) is 72.8. The van der Waals surface area contributed by atoms with Gasteiger partial charge in [0.2, 0.25) is 17.7 Å². The van der Waals surface area contributed by atoms with Crippen molar-refractivity contribution in [3.05, 3.63) is 83.4 Å². The molecular formula is C47H59FN8O8S2. The fraction of sp³-hybridized carbons (Fsp3) is 0.511. The van der Waals surface area contributed by atoms with Crippen LogP contribution in [0.3, 0.4) is 0 Å². The standard InChI is InChI=1S/C47H59FN8O8S2/c1-47(2,28-42(57)53-52-40-13-23-64-41-26-35(9-10-36(40)41)63-22-4-6-44(59)60)66-65-24-14-43(58)55-20-18-54(19-21-55)34-11-16-56(17-12-34)46(62)50-30-32-7-8-33(25-39(32)48)51-45(61)38-27-37(38)31-5-3-15-49-29-31/h3,5,7-10,15,25-26,29,34,37-38H,4,6,11-14,16-24,27-28,30H2,1-2H3,(H,50,62)(H,51,61)(H,53,57)(H,59,60)/b52-40+. The number of amides is 5. The minimum absolute atomic E-state index is 0.0358. The van der Waals surface area contributed by atoms with Crippen LogP contribution in [0.2, 0.25) is 0 Å². The number of carboxylic acid groups (broad SMARTS) is 1. The second kappa shape index (κ2) is 22.9. The molecule has 4 heterocycles. The van der Waals surface area contributed by atoms with Gasteiger partial charge in [0, 0.05) is 129 Å². The van der Waals surface area contributed by atoms with E-state index in [1.807, 2.05) is 36.9 Å². The Kier molecular flexibility index (Phi) is 16.8. The molecule has 2 atom stereocenters. The molecular weight excluding hydrogens is 888 g/mol. The van der Waals surface area contributed by atoms with Crippen LogP contribution in [-0.2, 0) is 25.7 Å². The average Bonchev–Trinajstić information content (AvgIpc) is 4.13. The quantitative estimate of drug-likeness (QED) is 0.0599. The summed E-state index contributed by atoms with van der Waals surface area (Å²) in [5, 5.41) is 18.9. The Hall–Kier alpha value is -5.40. The normalized spacial score (nSPS) is 19.3. The number of hydrazone groups is 1. The first-order valence-corrected chi connectivity index (χ1v) is 25.0. The van der Waals surface area contributed by atoms with Crippen LogP contribution in [0.1, 0.15) is 87.8 Å². The fourth-order valence-electron chi connectivity index (χ4n) is 8.45. The predicted molar refractivity (Wildman–Crippen MR) is 252 cm³/mol. The van der Waals surface area contributed by atoms with Gasteiger partial charge < -0.3 is 35.0 Å². The molecule has 3 aliphatic heterocycles. The minimum atomic E-state index is -0.865. The number of rotatable bonds is 19. The van der Waals surface area contributed by atoms with Crippen molar-refractivity contribution in [1.29, 1.82) is 0 Å². The number of aromatic nitrogens is 1. The number of benzene rings is 2. The average molecular weight is 947 g/mol. The number of fused-ring (bicyclic) bond motifs is 1. The SMILES string of the molecule is CC(C)(CC(=O)N/N=C1\CCOc2cc(OCCCC(=O)O)ccc21)SSCCC(=O)N1CCN(C2CCN(C(=O)NCc3ccc(NC(=O)C4CC4c4cccnc4)cc3F)CC2)CC1. The Morgan fingerprint density at radius 3 is 2.55 bits per heavy atom. The molecule has 4 N–H and O–H groups in total. The molecule has 3 aromatic rings. The van der Waals surface area contributed by atoms with Crippen molar-refractivity contribution >= 4 is 62.7 Å². The van der Waals surface area contributed by atoms with E-state index in [0.29, 0.717) is 92.3 Å². The van der Waals surface area contributed by atoms with Gasteiger partial charge in [-0.05, 0) is 81.3 Å². The van der Waals surface area contributed by atoms with Crippen molar-refractivity contribution in [3.63, 3.8) is 0 Å². The summed E-state index contributed by atoms with van der Waals surface area (Å²) < 4.78 is 26.0. The molecule has 0 bridgehead atoms. The van der Waals surface area contributed by atoms with Gasteiger partial charge in [-0.2, -0.15) is 5.10 Å². The van der Waals surface area contributed by atoms with Crippen LogP contribution >= 0.6 is 21.6 Å². The number of aliphatic carboxylic acids is 1. The van der Waals surface area contributed by atoms with Crippen LogP contribution in [0, 0.1) is 11.7 Å². The number of piperazine rings is 1. The largest absolute Gasteiger partial charge is 0.493 e. The first-order chi connectivity index (χ1) is 31.8. The Bertz CT molecular complexity index is 2240. The molecule has 2 unspecified atom stereocenters. The van der Waals surface area contributed by atoms with Crippen LogP contribution in [0.25, 0.3) is 0 Å². The first kappa shape index (κ1) is 48.5. The number of pyridine rings is 1. The van der Waals surface area contributed by atoms with Gasteiger partial charge >= 0.3 is 12.0 Å². The first-order valence-electron chi connectivity index (χ1n) is 22.6.